The van der Waals surface area contributed by atoms with E-state index in [1.807, 2.05) is 67.6 Å². The molecule has 2 atom stereocenters. The summed E-state index contributed by atoms with van der Waals surface area (Å²) in [7, 11) is 0. The van der Waals surface area contributed by atoms with Gasteiger partial charge in [-0.25, -0.2) is 4.79 Å². The van der Waals surface area contributed by atoms with Gasteiger partial charge in [0.15, 0.2) is 0 Å². The van der Waals surface area contributed by atoms with Crippen LogP contribution in [0.15, 0.2) is 66.9 Å². The molecular weight excluding hydrogens is 314 g/mol. The van der Waals surface area contributed by atoms with Gasteiger partial charge in [0.25, 0.3) is 0 Å². The molecule has 3 aromatic rings. The summed E-state index contributed by atoms with van der Waals surface area (Å²) in [4.78, 5) is 16.6. The van der Waals surface area contributed by atoms with E-state index in [1.54, 1.807) is 6.20 Å². The zero-order valence-electron chi connectivity index (χ0n) is 14.0. The molecule has 0 fully saturated rings. The quantitative estimate of drug-likeness (QED) is 0.662. The average Bonchev–Trinajstić information content (AvgIpc) is 2.62. The molecule has 0 spiro atoms. The van der Waals surface area contributed by atoms with Crippen LogP contribution < -0.4 is 10.6 Å². The number of rotatable bonds is 5. The highest BCUT2D eigenvalue weighted by Crippen LogP contribution is 2.21. The molecule has 0 aliphatic rings. The molecule has 0 saturated heterocycles. The topological polar surface area (TPSA) is 74.2 Å². The summed E-state index contributed by atoms with van der Waals surface area (Å²) in [5, 5.41) is 16.9. The van der Waals surface area contributed by atoms with Gasteiger partial charge in [-0.05, 0) is 31.0 Å². The number of amides is 2. The zero-order valence-corrected chi connectivity index (χ0v) is 14.0. The second-order valence-corrected chi connectivity index (χ2v) is 6.04. The van der Waals surface area contributed by atoms with Crippen LogP contribution in [-0.4, -0.2) is 22.2 Å². The highest BCUT2D eigenvalue weighted by molar-refractivity contribution is 5.99. The number of carbonyl (C=O) groups excluding carboxylic acids is 1. The number of para-hydroxylation sites is 1. The van der Waals surface area contributed by atoms with Gasteiger partial charge in [0.05, 0.1) is 17.3 Å². The number of carbonyl (C=O) groups is 1. The van der Waals surface area contributed by atoms with Crippen molar-refractivity contribution in [1.29, 1.82) is 0 Å². The van der Waals surface area contributed by atoms with Crippen LogP contribution in [0, 0.1) is 0 Å². The van der Waals surface area contributed by atoms with Gasteiger partial charge >= 0.3 is 6.03 Å². The second kappa shape index (κ2) is 7.77. The van der Waals surface area contributed by atoms with Gasteiger partial charge in [-0.1, -0.05) is 48.5 Å². The van der Waals surface area contributed by atoms with E-state index < -0.39 is 6.10 Å². The van der Waals surface area contributed by atoms with Crippen molar-refractivity contribution in [2.45, 2.75) is 25.5 Å². The third-order valence-corrected chi connectivity index (χ3v) is 4.02. The Morgan fingerprint density at radius 3 is 2.64 bits per heavy atom. The monoisotopic (exact) mass is 335 g/mol. The number of hydrogen-bond acceptors (Lipinski definition) is 3. The lowest BCUT2D eigenvalue weighted by molar-refractivity contribution is 0.155. The van der Waals surface area contributed by atoms with Gasteiger partial charge in [-0.15, -0.1) is 0 Å². The third-order valence-electron chi connectivity index (χ3n) is 4.02. The number of aromatic nitrogens is 1. The van der Waals surface area contributed by atoms with Crippen LogP contribution in [0.1, 0.15) is 25.0 Å². The number of nitrogens with one attached hydrogen (secondary N) is 2. The molecule has 128 valence electrons. The second-order valence-electron chi connectivity index (χ2n) is 6.04. The van der Waals surface area contributed by atoms with Crippen molar-refractivity contribution < 1.29 is 9.90 Å². The molecule has 3 rings (SSSR count). The van der Waals surface area contributed by atoms with Crippen LogP contribution in [0.3, 0.4) is 0 Å². The Kier molecular flexibility index (Phi) is 5.26. The summed E-state index contributed by atoms with van der Waals surface area (Å²) in [6.07, 6.45) is 1.52. The summed E-state index contributed by atoms with van der Waals surface area (Å²) in [6, 6.07) is 18.4. The Bertz CT molecular complexity index is 846. The van der Waals surface area contributed by atoms with Gasteiger partial charge in [0, 0.05) is 17.6 Å². The number of anilines is 1. The Morgan fingerprint density at radius 1 is 1.08 bits per heavy atom. The Morgan fingerprint density at radius 2 is 1.84 bits per heavy atom. The molecule has 0 saturated carbocycles. The molecule has 1 heterocycles. The first-order chi connectivity index (χ1) is 12.1. The van der Waals surface area contributed by atoms with Crippen LogP contribution in [0.25, 0.3) is 10.9 Å². The van der Waals surface area contributed by atoms with Gasteiger partial charge in [0.2, 0.25) is 0 Å². The number of benzene rings is 2. The van der Waals surface area contributed by atoms with Gasteiger partial charge in [0.1, 0.15) is 0 Å². The molecule has 0 aliphatic heterocycles. The lowest BCUT2D eigenvalue weighted by atomic mass is 10.0. The number of aliphatic hydroxyl groups is 1. The minimum absolute atomic E-state index is 0.182. The van der Waals surface area contributed by atoms with Gasteiger partial charge in [-0.3, -0.25) is 4.98 Å². The Hall–Kier alpha value is -2.92. The predicted molar refractivity (Wildman–Crippen MR) is 99.4 cm³/mol. The summed E-state index contributed by atoms with van der Waals surface area (Å²) in [5.41, 5.74) is 2.25. The lowest BCUT2D eigenvalue weighted by Crippen LogP contribution is -2.37. The van der Waals surface area contributed by atoms with Crippen LogP contribution in [0.4, 0.5) is 10.5 Å². The first-order valence-corrected chi connectivity index (χ1v) is 8.28. The molecular formula is C20H21N3O2. The maximum absolute atomic E-state index is 12.3. The van der Waals surface area contributed by atoms with E-state index in [9.17, 15) is 9.90 Å². The number of hydrogen-bond donors (Lipinski definition) is 3. The van der Waals surface area contributed by atoms with Crippen molar-refractivity contribution in [3.63, 3.8) is 0 Å². The number of fused-ring (bicyclic) bond motifs is 1. The van der Waals surface area contributed by atoms with Crippen molar-refractivity contribution in [1.82, 2.24) is 10.3 Å². The van der Waals surface area contributed by atoms with E-state index >= 15 is 0 Å². The zero-order chi connectivity index (χ0) is 17.6. The Labute approximate surface area is 146 Å². The fourth-order valence-electron chi connectivity index (χ4n) is 2.79. The maximum atomic E-state index is 12.3. The largest absolute Gasteiger partial charge is 0.388 e. The van der Waals surface area contributed by atoms with E-state index in [0.29, 0.717) is 12.1 Å². The molecule has 5 heteroatoms. The number of aliphatic hydroxyl groups excluding tert-OH is 1. The maximum Gasteiger partial charge on any atom is 0.319 e. The van der Waals surface area contributed by atoms with Crippen LogP contribution in [0.2, 0.25) is 0 Å². The fraction of sp³-hybridized carbons (Fsp3) is 0.200. The molecule has 3 N–H and O–H groups in total. The molecule has 1 aromatic heterocycles. The van der Waals surface area contributed by atoms with Gasteiger partial charge in [-0.2, -0.15) is 0 Å². The minimum Gasteiger partial charge on any atom is -0.388 e. The van der Waals surface area contributed by atoms with Crippen molar-refractivity contribution in [3.8, 4) is 0 Å². The van der Waals surface area contributed by atoms with E-state index in [0.717, 1.165) is 16.5 Å². The molecule has 0 radical (unpaired) electrons. The summed E-state index contributed by atoms with van der Waals surface area (Å²) in [5.74, 6) is 0. The van der Waals surface area contributed by atoms with Gasteiger partial charge < -0.3 is 15.7 Å². The highest BCUT2D eigenvalue weighted by Gasteiger charge is 2.15. The van der Waals surface area contributed by atoms with Crippen molar-refractivity contribution in [2.24, 2.45) is 0 Å². The molecule has 2 amide bonds. The molecule has 0 bridgehead atoms. The number of urea groups is 1. The standard InChI is InChI=1S/C20H21N3O2/c1-14(13-18(24)15-7-3-2-4-8-15)22-20(25)23-17-11-5-9-16-10-6-12-21-19(16)17/h2-12,14,18,24H,13H2,1H3,(H2,22,23,25). The number of pyridine rings is 1. The first-order valence-electron chi connectivity index (χ1n) is 8.28. The molecule has 5 nitrogen and oxygen atoms in total. The van der Waals surface area contributed by atoms with Crippen molar-refractivity contribution >= 4 is 22.6 Å². The normalized spacial score (nSPS) is 13.2. The third kappa shape index (κ3) is 4.33. The summed E-state index contributed by atoms with van der Waals surface area (Å²) < 4.78 is 0. The first kappa shape index (κ1) is 16.9. The SMILES string of the molecule is CC(CC(O)c1ccccc1)NC(=O)Nc1cccc2cccnc12. The number of nitrogens with zero attached hydrogens (tertiary/aromatic N) is 1. The summed E-state index contributed by atoms with van der Waals surface area (Å²) >= 11 is 0. The highest BCUT2D eigenvalue weighted by atomic mass is 16.3. The van der Waals surface area contributed by atoms with Crippen molar-refractivity contribution in [3.05, 3.63) is 72.4 Å². The van der Waals surface area contributed by atoms with Crippen molar-refractivity contribution in [2.75, 3.05) is 5.32 Å². The average molecular weight is 335 g/mol. The summed E-state index contributed by atoms with van der Waals surface area (Å²) in [6.45, 7) is 1.87. The lowest BCUT2D eigenvalue weighted by Gasteiger charge is -2.19. The van der Waals surface area contributed by atoms with Crippen LogP contribution in [-0.2, 0) is 0 Å². The molecule has 25 heavy (non-hydrogen) atoms. The molecule has 2 unspecified atom stereocenters. The van der Waals surface area contributed by atoms with E-state index in [1.165, 1.54) is 0 Å². The minimum atomic E-state index is -0.615. The van der Waals surface area contributed by atoms with Crippen LogP contribution in [0.5, 0.6) is 0 Å². The smallest absolute Gasteiger partial charge is 0.319 e. The van der Waals surface area contributed by atoms with E-state index in [4.69, 9.17) is 0 Å². The molecule has 0 aliphatic carbocycles. The van der Waals surface area contributed by atoms with Crippen LogP contribution >= 0.6 is 0 Å². The fourth-order valence-corrected chi connectivity index (χ4v) is 2.79. The Balaban J connectivity index is 1.60. The van der Waals surface area contributed by atoms with E-state index in [2.05, 4.69) is 15.6 Å². The predicted octanol–water partition coefficient (Wildman–Crippen LogP) is 3.87. The van der Waals surface area contributed by atoms with E-state index in [-0.39, 0.29) is 12.1 Å². The molecule has 2 aromatic carbocycles.